The fourth-order valence-corrected chi connectivity index (χ4v) is 2.06. The van der Waals surface area contributed by atoms with Gasteiger partial charge in [-0.1, -0.05) is 54.6 Å². The molecule has 0 heterocycles. The Kier molecular flexibility index (Phi) is 3.83. The zero-order valence-corrected chi connectivity index (χ0v) is 10.9. The summed E-state index contributed by atoms with van der Waals surface area (Å²) in [6.45, 7) is 3.87. The Morgan fingerprint density at radius 1 is 1.00 bits per heavy atom. The Balaban J connectivity index is 2.09. The zero-order valence-electron chi connectivity index (χ0n) is 10.9. The largest absolute Gasteiger partial charge is 0.507 e. The Morgan fingerprint density at radius 3 is 2.22 bits per heavy atom. The minimum Gasteiger partial charge on any atom is -0.507 e. The Hall–Kier alpha value is -2.02. The molecule has 0 aromatic heterocycles. The Labute approximate surface area is 108 Å². The summed E-state index contributed by atoms with van der Waals surface area (Å²) >= 11 is 0. The van der Waals surface area contributed by atoms with Gasteiger partial charge >= 0.3 is 0 Å². The van der Waals surface area contributed by atoms with Gasteiger partial charge in [0.15, 0.2) is 0 Å². The number of allylic oxidation sites excluding steroid dienone is 1. The molecule has 0 saturated carbocycles. The van der Waals surface area contributed by atoms with Crippen LogP contribution in [0.4, 0.5) is 0 Å². The molecule has 1 heteroatoms. The average Bonchev–Trinajstić information content (AvgIpc) is 2.37. The van der Waals surface area contributed by atoms with Crippen LogP contribution in [0.3, 0.4) is 0 Å². The van der Waals surface area contributed by atoms with E-state index in [1.54, 1.807) is 0 Å². The van der Waals surface area contributed by atoms with Crippen molar-refractivity contribution in [3.63, 3.8) is 0 Å². The molecule has 0 unspecified atom stereocenters. The molecule has 0 saturated heterocycles. The van der Waals surface area contributed by atoms with Gasteiger partial charge in [-0.2, -0.15) is 0 Å². The summed E-state index contributed by atoms with van der Waals surface area (Å²) in [6, 6.07) is 14.3. The number of phenolic OH excluding ortho intramolecular Hbond substituents is 1. The van der Waals surface area contributed by atoms with Crippen LogP contribution < -0.4 is 0 Å². The third kappa shape index (κ3) is 3.01. The van der Waals surface area contributed by atoms with E-state index in [-0.39, 0.29) is 0 Å². The smallest absolute Gasteiger partial charge is 0.121 e. The maximum atomic E-state index is 9.72. The molecule has 2 aromatic rings. The molecule has 18 heavy (non-hydrogen) atoms. The van der Waals surface area contributed by atoms with Crippen LogP contribution in [0.25, 0.3) is 6.08 Å². The number of rotatable bonds is 3. The van der Waals surface area contributed by atoms with Crippen LogP contribution >= 0.6 is 0 Å². The summed E-state index contributed by atoms with van der Waals surface area (Å²) in [6.07, 6.45) is 5.16. The van der Waals surface area contributed by atoms with E-state index < -0.39 is 0 Å². The van der Waals surface area contributed by atoms with Gasteiger partial charge in [0.25, 0.3) is 0 Å². The second-order valence-corrected chi connectivity index (χ2v) is 4.60. The van der Waals surface area contributed by atoms with Gasteiger partial charge in [-0.25, -0.2) is 0 Å². The first-order valence-corrected chi connectivity index (χ1v) is 6.17. The number of benzene rings is 2. The van der Waals surface area contributed by atoms with Crippen molar-refractivity contribution in [2.24, 2.45) is 0 Å². The van der Waals surface area contributed by atoms with E-state index in [1.165, 1.54) is 11.1 Å². The van der Waals surface area contributed by atoms with Crippen molar-refractivity contribution in [2.45, 2.75) is 20.3 Å². The standard InChI is InChI=1S/C17H18O/c1-13-11-16(12-14(2)17(13)18)10-6-9-15-7-4-3-5-8-15/h3-9,11-12,18H,10H2,1-2H3. The molecule has 0 aliphatic carbocycles. The fourth-order valence-electron chi connectivity index (χ4n) is 2.06. The molecule has 2 aromatic carbocycles. The summed E-state index contributed by atoms with van der Waals surface area (Å²) in [5.41, 5.74) is 4.33. The predicted octanol–water partition coefficient (Wildman–Crippen LogP) is 4.26. The molecule has 0 aliphatic rings. The monoisotopic (exact) mass is 238 g/mol. The summed E-state index contributed by atoms with van der Waals surface area (Å²) < 4.78 is 0. The summed E-state index contributed by atoms with van der Waals surface area (Å²) in [4.78, 5) is 0. The Bertz CT molecular complexity index is 530. The van der Waals surface area contributed by atoms with Crippen LogP contribution in [-0.2, 0) is 6.42 Å². The van der Waals surface area contributed by atoms with E-state index in [4.69, 9.17) is 0 Å². The highest BCUT2D eigenvalue weighted by molar-refractivity contribution is 5.50. The van der Waals surface area contributed by atoms with Crippen LogP contribution in [0, 0.1) is 13.8 Å². The molecule has 0 aliphatic heterocycles. The van der Waals surface area contributed by atoms with E-state index in [9.17, 15) is 5.11 Å². The van der Waals surface area contributed by atoms with Crippen molar-refractivity contribution in [2.75, 3.05) is 0 Å². The highest BCUT2D eigenvalue weighted by Gasteiger charge is 2.01. The second kappa shape index (κ2) is 5.54. The molecule has 0 radical (unpaired) electrons. The average molecular weight is 238 g/mol. The van der Waals surface area contributed by atoms with Crippen molar-refractivity contribution in [3.05, 3.63) is 70.8 Å². The number of hydrogen-bond acceptors (Lipinski definition) is 1. The molecule has 92 valence electrons. The molecular weight excluding hydrogens is 220 g/mol. The maximum Gasteiger partial charge on any atom is 0.121 e. The van der Waals surface area contributed by atoms with Crippen LogP contribution in [0.15, 0.2) is 48.5 Å². The van der Waals surface area contributed by atoms with Crippen LogP contribution in [0.2, 0.25) is 0 Å². The minimum absolute atomic E-state index is 0.408. The molecule has 1 nitrogen and oxygen atoms in total. The number of phenols is 1. The lowest BCUT2D eigenvalue weighted by atomic mass is 10.0. The molecule has 1 N–H and O–H groups in total. The van der Waals surface area contributed by atoms with Gasteiger partial charge in [0.1, 0.15) is 5.75 Å². The third-order valence-corrected chi connectivity index (χ3v) is 3.01. The summed E-state index contributed by atoms with van der Waals surface area (Å²) in [5, 5.41) is 9.72. The lowest BCUT2D eigenvalue weighted by Gasteiger charge is -2.06. The van der Waals surface area contributed by atoms with Crippen molar-refractivity contribution in [3.8, 4) is 5.75 Å². The van der Waals surface area contributed by atoms with E-state index in [0.717, 1.165) is 17.5 Å². The normalized spacial score (nSPS) is 11.0. The van der Waals surface area contributed by atoms with Gasteiger partial charge in [-0.15, -0.1) is 0 Å². The highest BCUT2D eigenvalue weighted by atomic mass is 16.3. The third-order valence-electron chi connectivity index (χ3n) is 3.01. The van der Waals surface area contributed by atoms with Gasteiger partial charge < -0.3 is 5.11 Å². The van der Waals surface area contributed by atoms with Gasteiger partial charge in [-0.05, 0) is 42.5 Å². The summed E-state index contributed by atoms with van der Waals surface area (Å²) in [5.74, 6) is 0.408. The van der Waals surface area contributed by atoms with E-state index in [2.05, 4.69) is 24.3 Å². The predicted molar refractivity (Wildman–Crippen MR) is 76.8 cm³/mol. The van der Waals surface area contributed by atoms with Gasteiger partial charge in [0, 0.05) is 0 Å². The molecule has 0 amide bonds. The van der Waals surface area contributed by atoms with E-state index in [1.807, 2.05) is 44.2 Å². The zero-order chi connectivity index (χ0) is 13.0. The molecule has 0 atom stereocenters. The maximum absolute atomic E-state index is 9.72. The van der Waals surface area contributed by atoms with Crippen LogP contribution in [0.1, 0.15) is 22.3 Å². The lowest BCUT2D eigenvalue weighted by molar-refractivity contribution is 0.466. The van der Waals surface area contributed by atoms with Crippen molar-refractivity contribution in [1.82, 2.24) is 0 Å². The van der Waals surface area contributed by atoms with Crippen LogP contribution in [0.5, 0.6) is 5.75 Å². The molecule has 0 spiro atoms. The van der Waals surface area contributed by atoms with Crippen molar-refractivity contribution in [1.29, 1.82) is 0 Å². The summed E-state index contributed by atoms with van der Waals surface area (Å²) in [7, 11) is 0. The quantitative estimate of drug-likeness (QED) is 0.846. The first-order chi connectivity index (χ1) is 8.66. The first kappa shape index (κ1) is 12.4. The van der Waals surface area contributed by atoms with Gasteiger partial charge in [-0.3, -0.25) is 0 Å². The van der Waals surface area contributed by atoms with Crippen molar-refractivity contribution < 1.29 is 5.11 Å². The molecule has 2 rings (SSSR count). The SMILES string of the molecule is Cc1cc(CC=Cc2ccccc2)cc(C)c1O. The fraction of sp³-hybridized carbons (Fsp3) is 0.176. The van der Waals surface area contributed by atoms with Gasteiger partial charge in [0.05, 0.1) is 0 Å². The first-order valence-electron chi connectivity index (χ1n) is 6.17. The molecular formula is C17H18O. The second-order valence-electron chi connectivity index (χ2n) is 4.60. The minimum atomic E-state index is 0.408. The molecule has 0 fully saturated rings. The van der Waals surface area contributed by atoms with Crippen molar-refractivity contribution >= 4 is 6.08 Å². The lowest BCUT2D eigenvalue weighted by Crippen LogP contribution is -1.87. The number of aryl methyl sites for hydroxylation is 2. The molecule has 0 bridgehead atoms. The Morgan fingerprint density at radius 2 is 1.61 bits per heavy atom. The van der Waals surface area contributed by atoms with Crippen LogP contribution in [-0.4, -0.2) is 5.11 Å². The topological polar surface area (TPSA) is 20.2 Å². The highest BCUT2D eigenvalue weighted by Crippen LogP contribution is 2.23. The van der Waals surface area contributed by atoms with Gasteiger partial charge in [0.2, 0.25) is 0 Å². The van der Waals surface area contributed by atoms with E-state index in [0.29, 0.717) is 5.75 Å². The van der Waals surface area contributed by atoms with E-state index >= 15 is 0 Å². The number of aromatic hydroxyl groups is 1. The number of hydrogen-bond donors (Lipinski definition) is 1.